The molecule has 4 aromatic carbocycles. The Kier molecular flexibility index (Phi) is 4.15. The Hall–Kier alpha value is -5.38. The van der Waals surface area contributed by atoms with Crippen LogP contribution in [0.15, 0.2) is 70.3 Å². The van der Waals surface area contributed by atoms with E-state index in [-0.39, 0.29) is 43.7 Å². The summed E-state index contributed by atoms with van der Waals surface area (Å²) in [5.41, 5.74) is 11.5. The van der Waals surface area contributed by atoms with E-state index < -0.39 is 33.6 Å². The molecule has 36 heavy (non-hydrogen) atoms. The van der Waals surface area contributed by atoms with E-state index >= 15 is 0 Å². The first kappa shape index (κ1) is 21.2. The lowest BCUT2D eigenvalue weighted by Gasteiger charge is -2.21. The zero-order valence-corrected chi connectivity index (χ0v) is 18.5. The van der Waals surface area contributed by atoms with Crippen LogP contribution in [0.2, 0.25) is 0 Å². The fourth-order valence-electron chi connectivity index (χ4n) is 4.95. The standard InChI is InChI=1S/C26H18N6O4/c27-19-15-13-14-17(21(19)29)25(35)32(12-9-5-2-6-10-12)26(36)18(14)22(30)20(28)16(13)24(34)31(23(15)33)11-7-3-1-4-8-11/h1-10,27,29,33,36H,28,30H2. The third-order valence-corrected chi connectivity index (χ3v) is 6.56. The summed E-state index contributed by atoms with van der Waals surface area (Å²) < 4.78 is 1.97. The molecule has 0 fully saturated rings. The van der Waals surface area contributed by atoms with Crippen molar-refractivity contribution >= 4 is 43.7 Å². The zero-order chi connectivity index (χ0) is 25.5. The second-order valence-electron chi connectivity index (χ2n) is 8.43. The molecule has 6 aromatic rings. The monoisotopic (exact) mass is 478 g/mol. The Labute approximate surface area is 200 Å². The second-order valence-corrected chi connectivity index (χ2v) is 8.43. The molecule has 0 aliphatic rings. The number of anilines is 2. The highest BCUT2D eigenvalue weighted by Crippen LogP contribution is 2.43. The Bertz CT molecular complexity index is 2070. The van der Waals surface area contributed by atoms with E-state index in [1.165, 1.54) is 0 Å². The molecule has 6 rings (SSSR count). The van der Waals surface area contributed by atoms with E-state index in [2.05, 4.69) is 0 Å². The minimum Gasteiger partial charge on any atom is -0.494 e. The maximum Gasteiger partial charge on any atom is 0.268 e. The Morgan fingerprint density at radius 1 is 0.556 bits per heavy atom. The normalized spacial score (nSPS) is 11.7. The number of hydrogen-bond acceptors (Lipinski definition) is 8. The van der Waals surface area contributed by atoms with Crippen LogP contribution in [0.5, 0.6) is 11.8 Å². The molecule has 176 valence electrons. The third kappa shape index (κ3) is 2.44. The van der Waals surface area contributed by atoms with Gasteiger partial charge in [0.1, 0.15) is 0 Å². The van der Waals surface area contributed by atoms with Gasteiger partial charge in [-0.2, -0.15) is 0 Å². The van der Waals surface area contributed by atoms with Crippen LogP contribution in [0.1, 0.15) is 0 Å². The van der Waals surface area contributed by atoms with E-state index in [0.717, 1.165) is 9.13 Å². The summed E-state index contributed by atoms with van der Waals surface area (Å²) in [6.45, 7) is 0. The van der Waals surface area contributed by atoms with Crippen LogP contribution in [0, 0.1) is 10.8 Å². The van der Waals surface area contributed by atoms with Gasteiger partial charge in [0.05, 0.1) is 55.0 Å². The van der Waals surface area contributed by atoms with Crippen LogP contribution in [-0.2, 0) is 0 Å². The van der Waals surface area contributed by atoms with Crippen molar-refractivity contribution < 1.29 is 10.2 Å². The fraction of sp³-hybridized carbons (Fsp3) is 0. The summed E-state index contributed by atoms with van der Waals surface area (Å²) in [5, 5.41) is 38.4. The van der Waals surface area contributed by atoms with E-state index in [0.29, 0.717) is 11.4 Å². The van der Waals surface area contributed by atoms with Crippen LogP contribution in [0.25, 0.3) is 43.7 Å². The number of nitrogens with two attached hydrogens (primary N) is 2. The minimum absolute atomic E-state index is 0.00464. The highest BCUT2D eigenvalue weighted by Gasteiger charge is 2.29. The largest absolute Gasteiger partial charge is 0.494 e. The molecule has 8 N–H and O–H groups in total. The number of aromatic nitrogens is 2. The van der Waals surface area contributed by atoms with Crippen molar-refractivity contribution in [2.24, 2.45) is 0 Å². The van der Waals surface area contributed by atoms with Crippen LogP contribution >= 0.6 is 0 Å². The molecule has 2 aromatic heterocycles. The van der Waals surface area contributed by atoms with Gasteiger partial charge >= 0.3 is 0 Å². The first-order valence-corrected chi connectivity index (χ1v) is 10.8. The van der Waals surface area contributed by atoms with Crippen LogP contribution in [-0.4, -0.2) is 19.3 Å². The average molecular weight is 478 g/mol. The summed E-state index contributed by atoms with van der Waals surface area (Å²) in [7, 11) is 0. The lowest BCUT2D eigenvalue weighted by molar-refractivity contribution is 0.442. The van der Waals surface area contributed by atoms with Crippen molar-refractivity contribution in [3.05, 3.63) is 92.1 Å². The molecule has 0 saturated carbocycles. The van der Waals surface area contributed by atoms with Crippen LogP contribution in [0.3, 0.4) is 0 Å². The predicted molar refractivity (Wildman–Crippen MR) is 136 cm³/mol. The lowest BCUT2D eigenvalue weighted by atomic mass is 9.92. The molecule has 0 atom stereocenters. The van der Waals surface area contributed by atoms with Gasteiger partial charge in [-0.25, -0.2) is 9.13 Å². The van der Waals surface area contributed by atoms with Crippen molar-refractivity contribution in [1.82, 2.24) is 9.13 Å². The summed E-state index contributed by atoms with van der Waals surface area (Å²) in [4.78, 5) is 27.4. The highest BCUT2D eigenvalue weighted by molar-refractivity contribution is 6.30. The number of nitrogens with zero attached hydrogens (tertiary/aromatic N) is 2. The van der Waals surface area contributed by atoms with E-state index in [1.807, 2.05) is 0 Å². The highest BCUT2D eigenvalue weighted by atomic mass is 16.3. The van der Waals surface area contributed by atoms with Crippen molar-refractivity contribution in [2.75, 3.05) is 11.5 Å². The summed E-state index contributed by atoms with van der Waals surface area (Å²) >= 11 is 0. The zero-order valence-electron chi connectivity index (χ0n) is 18.5. The maximum absolute atomic E-state index is 13.7. The molecule has 0 aliphatic heterocycles. The number of aromatic hydroxyl groups is 2. The number of nitrogen functional groups attached to an aromatic ring is 2. The van der Waals surface area contributed by atoms with Crippen molar-refractivity contribution in [2.45, 2.75) is 0 Å². The van der Waals surface area contributed by atoms with Crippen molar-refractivity contribution in [3.8, 4) is 23.1 Å². The second kappa shape index (κ2) is 7.06. The molecule has 0 unspecified atom stereocenters. The van der Waals surface area contributed by atoms with Gasteiger partial charge in [0.2, 0.25) is 11.8 Å². The van der Waals surface area contributed by atoms with E-state index in [4.69, 9.17) is 22.3 Å². The molecule has 0 aliphatic carbocycles. The van der Waals surface area contributed by atoms with Gasteiger partial charge in [0, 0.05) is 10.8 Å². The summed E-state index contributed by atoms with van der Waals surface area (Å²) in [6.07, 6.45) is 0. The topological polar surface area (TPSA) is 184 Å². The molecule has 0 bridgehead atoms. The average Bonchev–Trinajstić information content (AvgIpc) is 2.87. The number of para-hydroxylation sites is 2. The number of hydrogen-bond donors (Lipinski definition) is 6. The Balaban J connectivity index is 1.99. The third-order valence-electron chi connectivity index (χ3n) is 6.56. The lowest BCUT2D eigenvalue weighted by Crippen LogP contribution is -2.34. The van der Waals surface area contributed by atoms with Crippen LogP contribution < -0.4 is 33.3 Å². The molecule has 0 amide bonds. The number of pyridine rings is 2. The van der Waals surface area contributed by atoms with Crippen molar-refractivity contribution in [3.63, 3.8) is 0 Å². The van der Waals surface area contributed by atoms with Crippen LogP contribution in [0.4, 0.5) is 11.4 Å². The first-order chi connectivity index (χ1) is 17.3. The predicted octanol–water partition coefficient (Wildman–Crippen LogP) is 1.86. The van der Waals surface area contributed by atoms with E-state index in [1.54, 1.807) is 60.7 Å². The Morgan fingerprint density at radius 2 is 0.944 bits per heavy atom. The van der Waals surface area contributed by atoms with Gasteiger partial charge in [-0.05, 0) is 24.3 Å². The van der Waals surface area contributed by atoms with Gasteiger partial charge in [0.25, 0.3) is 11.1 Å². The molecule has 10 heteroatoms. The maximum atomic E-state index is 13.7. The number of benzene rings is 4. The van der Waals surface area contributed by atoms with Crippen molar-refractivity contribution in [1.29, 1.82) is 10.8 Å². The summed E-state index contributed by atoms with van der Waals surface area (Å²) in [5.74, 6) is -1.12. The molecular weight excluding hydrogens is 460 g/mol. The van der Waals surface area contributed by atoms with E-state index in [9.17, 15) is 19.8 Å². The molecule has 0 radical (unpaired) electrons. The van der Waals surface area contributed by atoms with Gasteiger partial charge in [-0.1, -0.05) is 36.4 Å². The minimum atomic E-state index is -0.774. The molecular formula is C26H18N6O4. The molecule has 0 spiro atoms. The SMILES string of the molecule is N=c1c(=N)c2c(=O)n(-c3ccccc3)c(O)c3c(N)c(N)c4c(=O)n(-c5ccccc5)c(O)c1c4c32. The summed E-state index contributed by atoms with van der Waals surface area (Å²) in [6, 6.07) is 16.5. The van der Waals surface area contributed by atoms with Gasteiger partial charge in [-0.15, -0.1) is 0 Å². The Morgan fingerprint density at radius 3 is 1.47 bits per heavy atom. The quantitative estimate of drug-likeness (QED) is 0.163. The number of nitrogens with one attached hydrogen (secondary N) is 2. The number of rotatable bonds is 2. The van der Waals surface area contributed by atoms with Gasteiger partial charge in [-0.3, -0.25) is 20.4 Å². The molecule has 0 saturated heterocycles. The molecule has 10 nitrogen and oxygen atoms in total. The smallest absolute Gasteiger partial charge is 0.268 e. The fourth-order valence-corrected chi connectivity index (χ4v) is 4.95. The van der Waals surface area contributed by atoms with Gasteiger partial charge in [0.15, 0.2) is 0 Å². The molecule has 2 heterocycles. The van der Waals surface area contributed by atoms with Gasteiger partial charge < -0.3 is 21.7 Å². The first-order valence-electron chi connectivity index (χ1n) is 10.8.